The average Bonchev–Trinajstić information content (AvgIpc) is 2.93. The molecule has 0 aliphatic carbocycles. The summed E-state index contributed by atoms with van der Waals surface area (Å²) in [6, 6.07) is 9.05. The number of imidazole rings is 1. The highest BCUT2D eigenvalue weighted by molar-refractivity contribution is 5.88. The third-order valence-corrected chi connectivity index (χ3v) is 3.45. The van der Waals surface area contributed by atoms with Crippen LogP contribution in [0.1, 0.15) is 11.3 Å². The van der Waals surface area contributed by atoms with Gasteiger partial charge in [0.15, 0.2) is 0 Å². The Balaban J connectivity index is 2.27. The van der Waals surface area contributed by atoms with Crippen LogP contribution in [0.3, 0.4) is 0 Å². The highest BCUT2D eigenvalue weighted by Gasteiger charge is 2.43. The van der Waals surface area contributed by atoms with Crippen LogP contribution in [0, 0.1) is 0 Å². The number of primary amides is 1. The van der Waals surface area contributed by atoms with Crippen molar-refractivity contribution >= 4 is 11.6 Å². The number of carbonyl (C=O) groups excluding carboxylic acids is 1. The lowest BCUT2D eigenvalue weighted by Crippen LogP contribution is -2.44. The van der Waals surface area contributed by atoms with E-state index in [1.54, 1.807) is 30.7 Å². The SMILES string of the molecule is COC(C(N)=O)(c1cccnc1)c1cn2ccccc2n1. The molecular formula is C15H14N4O2. The van der Waals surface area contributed by atoms with E-state index in [9.17, 15) is 4.79 Å². The van der Waals surface area contributed by atoms with Crippen molar-refractivity contribution in [2.75, 3.05) is 7.11 Å². The molecule has 2 N–H and O–H groups in total. The summed E-state index contributed by atoms with van der Waals surface area (Å²) in [4.78, 5) is 20.7. The van der Waals surface area contributed by atoms with Gasteiger partial charge in [0, 0.05) is 37.5 Å². The Morgan fingerprint density at radius 3 is 2.81 bits per heavy atom. The maximum Gasteiger partial charge on any atom is 0.260 e. The minimum absolute atomic E-state index is 0.428. The fourth-order valence-corrected chi connectivity index (χ4v) is 2.41. The lowest BCUT2D eigenvalue weighted by molar-refractivity contribution is -0.136. The molecule has 0 bridgehead atoms. The summed E-state index contributed by atoms with van der Waals surface area (Å²) in [6.07, 6.45) is 6.75. The second-order valence-electron chi connectivity index (χ2n) is 4.58. The third kappa shape index (κ3) is 1.96. The van der Waals surface area contributed by atoms with Crippen molar-refractivity contribution in [1.82, 2.24) is 14.4 Å². The molecule has 0 aliphatic heterocycles. The maximum absolute atomic E-state index is 12.2. The highest BCUT2D eigenvalue weighted by atomic mass is 16.5. The summed E-state index contributed by atoms with van der Waals surface area (Å²) >= 11 is 0. The van der Waals surface area contributed by atoms with Crippen LogP contribution in [-0.4, -0.2) is 27.4 Å². The first-order valence-electron chi connectivity index (χ1n) is 6.38. The van der Waals surface area contributed by atoms with Crippen molar-refractivity contribution in [3.8, 4) is 0 Å². The van der Waals surface area contributed by atoms with E-state index in [0.717, 1.165) is 0 Å². The van der Waals surface area contributed by atoms with E-state index in [2.05, 4.69) is 9.97 Å². The lowest BCUT2D eigenvalue weighted by atomic mass is 9.91. The van der Waals surface area contributed by atoms with Gasteiger partial charge < -0.3 is 14.9 Å². The summed E-state index contributed by atoms with van der Waals surface area (Å²) in [5, 5.41) is 0. The second-order valence-corrected chi connectivity index (χ2v) is 4.58. The molecule has 6 nitrogen and oxygen atoms in total. The van der Waals surface area contributed by atoms with E-state index in [4.69, 9.17) is 10.5 Å². The van der Waals surface area contributed by atoms with E-state index in [1.807, 2.05) is 28.8 Å². The van der Waals surface area contributed by atoms with Crippen LogP contribution in [-0.2, 0) is 15.1 Å². The number of ether oxygens (including phenoxy) is 1. The van der Waals surface area contributed by atoms with Crippen molar-refractivity contribution in [3.05, 3.63) is 66.4 Å². The number of nitrogens with zero attached hydrogens (tertiary/aromatic N) is 3. The number of amides is 1. The normalized spacial score (nSPS) is 14.0. The number of hydrogen-bond acceptors (Lipinski definition) is 4. The molecule has 0 fully saturated rings. The fraction of sp³-hybridized carbons (Fsp3) is 0.133. The summed E-state index contributed by atoms with van der Waals surface area (Å²) in [6.45, 7) is 0. The first kappa shape index (κ1) is 13.3. The fourth-order valence-electron chi connectivity index (χ4n) is 2.41. The van der Waals surface area contributed by atoms with E-state index < -0.39 is 11.5 Å². The van der Waals surface area contributed by atoms with E-state index >= 15 is 0 Å². The maximum atomic E-state index is 12.2. The van der Waals surface area contributed by atoms with E-state index in [1.165, 1.54) is 7.11 Å². The number of hydrogen-bond donors (Lipinski definition) is 1. The molecule has 0 radical (unpaired) electrons. The number of nitrogens with two attached hydrogens (primary N) is 1. The van der Waals surface area contributed by atoms with Crippen LogP contribution in [0.4, 0.5) is 0 Å². The zero-order valence-electron chi connectivity index (χ0n) is 11.4. The van der Waals surface area contributed by atoms with Gasteiger partial charge >= 0.3 is 0 Å². The van der Waals surface area contributed by atoms with Crippen LogP contribution in [0.15, 0.2) is 55.1 Å². The summed E-state index contributed by atoms with van der Waals surface area (Å²) in [5.74, 6) is -0.638. The van der Waals surface area contributed by atoms with Gasteiger partial charge in [0.25, 0.3) is 5.91 Å². The average molecular weight is 282 g/mol. The van der Waals surface area contributed by atoms with Crippen LogP contribution < -0.4 is 5.73 Å². The smallest absolute Gasteiger partial charge is 0.260 e. The summed E-state index contributed by atoms with van der Waals surface area (Å²) in [7, 11) is 1.43. The van der Waals surface area contributed by atoms with Gasteiger partial charge in [-0.05, 0) is 18.2 Å². The Bertz CT molecular complexity index is 751. The molecule has 21 heavy (non-hydrogen) atoms. The second kappa shape index (κ2) is 4.99. The molecule has 106 valence electrons. The Hall–Kier alpha value is -2.73. The molecule has 3 aromatic rings. The standard InChI is InChI=1S/C15H14N4O2/c1-21-15(14(16)20,11-5-4-7-17-9-11)12-10-19-8-3-2-6-13(19)18-12/h2-10H,1H3,(H2,16,20). The van der Waals surface area contributed by atoms with Crippen LogP contribution in [0.5, 0.6) is 0 Å². The van der Waals surface area contributed by atoms with Crippen molar-refractivity contribution < 1.29 is 9.53 Å². The Kier molecular flexibility index (Phi) is 3.15. The number of methoxy groups -OCH3 is 1. The number of carbonyl (C=O) groups is 1. The quantitative estimate of drug-likeness (QED) is 0.777. The Morgan fingerprint density at radius 1 is 1.33 bits per heavy atom. The minimum atomic E-state index is -1.46. The van der Waals surface area contributed by atoms with Crippen molar-refractivity contribution in [3.63, 3.8) is 0 Å². The molecule has 0 saturated heterocycles. The van der Waals surface area contributed by atoms with Gasteiger partial charge in [-0.1, -0.05) is 12.1 Å². The number of rotatable bonds is 4. The molecule has 0 aliphatic rings. The molecule has 1 atom stereocenters. The molecular weight excluding hydrogens is 268 g/mol. The predicted octanol–water partition coefficient (Wildman–Crippen LogP) is 1.10. The molecule has 0 spiro atoms. The van der Waals surface area contributed by atoms with Crippen LogP contribution in [0.2, 0.25) is 0 Å². The van der Waals surface area contributed by atoms with Crippen molar-refractivity contribution in [2.45, 2.75) is 5.60 Å². The van der Waals surface area contributed by atoms with Gasteiger partial charge in [-0.25, -0.2) is 4.98 Å². The van der Waals surface area contributed by atoms with E-state index in [-0.39, 0.29) is 0 Å². The first-order chi connectivity index (χ1) is 10.2. The van der Waals surface area contributed by atoms with Gasteiger partial charge in [-0.15, -0.1) is 0 Å². The molecule has 0 aromatic carbocycles. The zero-order chi connectivity index (χ0) is 14.9. The molecule has 0 saturated carbocycles. The molecule has 6 heteroatoms. The Labute approximate surface area is 121 Å². The predicted molar refractivity (Wildman–Crippen MR) is 76.4 cm³/mol. The Morgan fingerprint density at radius 2 is 2.19 bits per heavy atom. The van der Waals surface area contributed by atoms with Gasteiger partial charge in [-0.3, -0.25) is 9.78 Å². The summed E-state index contributed by atoms with van der Waals surface area (Å²) < 4.78 is 7.32. The van der Waals surface area contributed by atoms with Crippen molar-refractivity contribution in [2.24, 2.45) is 5.73 Å². The molecule has 3 rings (SSSR count). The number of fused-ring (bicyclic) bond motifs is 1. The van der Waals surface area contributed by atoms with Crippen LogP contribution >= 0.6 is 0 Å². The topological polar surface area (TPSA) is 82.5 Å². The molecule has 3 heterocycles. The van der Waals surface area contributed by atoms with Crippen molar-refractivity contribution in [1.29, 1.82) is 0 Å². The van der Waals surface area contributed by atoms with Gasteiger partial charge in [0.1, 0.15) is 11.3 Å². The minimum Gasteiger partial charge on any atom is -0.366 e. The molecule has 3 aromatic heterocycles. The monoisotopic (exact) mass is 282 g/mol. The first-order valence-corrected chi connectivity index (χ1v) is 6.38. The van der Waals surface area contributed by atoms with Gasteiger partial charge in [0.05, 0.1) is 0 Å². The van der Waals surface area contributed by atoms with E-state index in [0.29, 0.717) is 16.9 Å². The third-order valence-electron chi connectivity index (χ3n) is 3.45. The van der Waals surface area contributed by atoms with Gasteiger partial charge in [0.2, 0.25) is 5.60 Å². The highest BCUT2D eigenvalue weighted by Crippen LogP contribution is 2.32. The molecule has 1 unspecified atom stereocenters. The largest absolute Gasteiger partial charge is 0.366 e. The molecule has 1 amide bonds. The summed E-state index contributed by atoms with van der Waals surface area (Å²) in [5.41, 5.74) is 5.85. The van der Waals surface area contributed by atoms with Gasteiger partial charge in [-0.2, -0.15) is 0 Å². The number of pyridine rings is 2. The lowest BCUT2D eigenvalue weighted by Gasteiger charge is -2.27. The zero-order valence-corrected chi connectivity index (χ0v) is 11.4. The van der Waals surface area contributed by atoms with Crippen LogP contribution in [0.25, 0.3) is 5.65 Å². The number of aromatic nitrogens is 3.